The van der Waals surface area contributed by atoms with Crippen LogP contribution in [0, 0.1) is 0 Å². The predicted octanol–water partition coefficient (Wildman–Crippen LogP) is 2.45. The van der Waals surface area contributed by atoms with Crippen LogP contribution >= 0.6 is 11.8 Å². The molecule has 0 aliphatic heterocycles. The summed E-state index contributed by atoms with van der Waals surface area (Å²) in [5.74, 6) is -0.759. The zero-order chi connectivity index (χ0) is 16.5. The first kappa shape index (κ1) is 19.7. The summed E-state index contributed by atoms with van der Waals surface area (Å²) >= 11 is 1.11. The number of thioether (sulfide) groups is 1. The Labute approximate surface area is 130 Å². The molecule has 0 aromatic heterocycles. The highest BCUT2D eigenvalue weighted by Gasteiger charge is 2.26. The molecule has 0 spiro atoms. The molecule has 0 saturated heterocycles. The molecule has 0 bridgehead atoms. The lowest BCUT2D eigenvalue weighted by Crippen LogP contribution is -2.44. The molecule has 0 aliphatic carbocycles. The van der Waals surface area contributed by atoms with E-state index < -0.39 is 17.6 Å². The number of rotatable bonds is 8. The van der Waals surface area contributed by atoms with Gasteiger partial charge in [0.05, 0.1) is 0 Å². The average Bonchev–Trinajstić information content (AvgIpc) is 2.38. The van der Waals surface area contributed by atoms with Gasteiger partial charge in [0.25, 0.3) is 0 Å². The number of allylic oxidation sites excluding steroid dienone is 1. The first-order valence-electron chi connectivity index (χ1n) is 6.89. The molecule has 0 aromatic rings. The van der Waals surface area contributed by atoms with Crippen LogP contribution in [-0.2, 0) is 19.1 Å². The maximum absolute atomic E-state index is 12.1. The third-order valence-corrected chi connectivity index (χ3v) is 3.13. The second-order valence-electron chi connectivity index (χ2n) is 5.60. The summed E-state index contributed by atoms with van der Waals surface area (Å²) in [7, 11) is 0. The van der Waals surface area contributed by atoms with Crippen molar-refractivity contribution >= 4 is 28.8 Å². The number of amides is 1. The molecule has 21 heavy (non-hydrogen) atoms. The Balaban J connectivity index is 4.67. The summed E-state index contributed by atoms with van der Waals surface area (Å²) in [5, 5.41) is 2.61. The van der Waals surface area contributed by atoms with Gasteiger partial charge in [-0.3, -0.25) is 9.59 Å². The summed E-state index contributed by atoms with van der Waals surface area (Å²) in [6.07, 6.45) is 4.59. The quantitative estimate of drug-likeness (QED) is 0.550. The topological polar surface area (TPSA) is 72.5 Å². The standard InChI is InChI=1S/C15H25NO4S/c1-6-7-8-12(17)16-11(9-10-13(18)21-5)14(19)20-15(2,3)4/h6,11H,1,7-10H2,2-5H3,(H,16,17). The fourth-order valence-corrected chi connectivity index (χ4v) is 1.81. The smallest absolute Gasteiger partial charge is 0.329 e. The van der Waals surface area contributed by atoms with Crippen LogP contribution in [0.1, 0.15) is 46.5 Å². The molecule has 0 radical (unpaired) electrons. The van der Waals surface area contributed by atoms with E-state index in [1.165, 1.54) is 0 Å². The highest BCUT2D eigenvalue weighted by atomic mass is 32.2. The summed E-state index contributed by atoms with van der Waals surface area (Å²) < 4.78 is 5.28. The molecular formula is C15H25NO4S. The van der Waals surface area contributed by atoms with Crippen molar-refractivity contribution < 1.29 is 19.1 Å². The lowest BCUT2D eigenvalue weighted by Gasteiger charge is -2.24. The van der Waals surface area contributed by atoms with Crippen LogP contribution in [0.5, 0.6) is 0 Å². The van der Waals surface area contributed by atoms with Crippen LogP contribution in [0.15, 0.2) is 12.7 Å². The Bertz CT molecular complexity index is 388. The van der Waals surface area contributed by atoms with Crippen LogP contribution in [0.4, 0.5) is 0 Å². The number of hydrogen-bond donors (Lipinski definition) is 1. The van der Waals surface area contributed by atoms with Crippen molar-refractivity contribution in [2.24, 2.45) is 0 Å². The largest absolute Gasteiger partial charge is 0.458 e. The van der Waals surface area contributed by atoms with E-state index in [2.05, 4.69) is 11.9 Å². The van der Waals surface area contributed by atoms with E-state index in [4.69, 9.17) is 4.74 Å². The van der Waals surface area contributed by atoms with Gasteiger partial charge in [0, 0.05) is 12.8 Å². The highest BCUT2D eigenvalue weighted by molar-refractivity contribution is 8.13. The van der Waals surface area contributed by atoms with Gasteiger partial charge in [-0.25, -0.2) is 4.79 Å². The molecule has 120 valence electrons. The second-order valence-corrected chi connectivity index (χ2v) is 6.46. The summed E-state index contributed by atoms with van der Waals surface area (Å²) in [4.78, 5) is 35.2. The van der Waals surface area contributed by atoms with E-state index in [-0.39, 0.29) is 30.3 Å². The fourth-order valence-electron chi connectivity index (χ4n) is 1.49. The minimum absolute atomic E-state index is 0.0242. The van der Waals surface area contributed by atoms with Gasteiger partial charge in [0.15, 0.2) is 5.12 Å². The zero-order valence-electron chi connectivity index (χ0n) is 13.2. The summed E-state index contributed by atoms with van der Waals surface area (Å²) in [6, 6.07) is -0.794. The van der Waals surface area contributed by atoms with Crippen molar-refractivity contribution in [3.05, 3.63) is 12.7 Å². The Hall–Kier alpha value is -1.30. The van der Waals surface area contributed by atoms with Crippen LogP contribution in [0.2, 0.25) is 0 Å². The lowest BCUT2D eigenvalue weighted by molar-refractivity contribution is -0.158. The van der Waals surface area contributed by atoms with Gasteiger partial charge in [-0.15, -0.1) is 6.58 Å². The third-order valence-electron chi connectivity index (χ3n) is 2.47. The van der Waals surface area contributed by atoms with Gasteiger partial charge in [-0.05, 0) is 39.9 Å². The number of carbonyl (C=O) groups excluding carboxylic acids is 3. The molecule has 1 amide bonds. The first-order valence-corrected chi connectivity index (χ1v) is 8.12. The molecule has 1 atom stereocenters. The van der Waals surface area contributed by atoms with Crippen molar-refractivity contribution in [2.75, 3.05) is 6.26 Å². The van der Waals surface area contributed by atoms with Crippen molar-refractivity contribution in [3.63, 3.8) is 0 Å². The summed E-state index contributed by atoms with van der Waals surface area (Å²) in [6.45, 7) is 8.82. The van der Waals surface area contributed by atoms with Gasteiger partial charge >= 0.3 is 5.97 Å². The molecule has 1 N–H and O–H groups in total. The molecule has 0 fully saturated rings. The number of hydrogen-bond acceptors (Lipinski definition) is 5. The maximum Gasteiger partial charge on any atom is 0.329 e. The third kappa shape index (κ3) is 10.1. The van der Waals surface area contributed by atoms with Crippen molar-refractivity contribution in [2.45, 2.75) is 58.1 Å². The average molecular weight is 315 g/mol. The fraction of sp³-hybridized carbons (Fsp3) is 0.667. The SMILES string of the molecule is C=CCCC(=O)NC(CCC(=O)SC)C(=O)OC(C)(C)C. The van der Waals surface area contributed by atoms with Crippen LogP contribution in [0.25, 0.3) is 0 Å². The van der Waals surface area contributed by atoms with Crippen LogP contribution in [-0.4, -0.2) is 34.9 Å². The molecule has 6 heteroatoms. The monoisotopic (exact) mass is 315 g/mol. The van der Waals surface area contributed by atoms with E-state index in [1.54, 1.807) is 33.1 Å². The number of ether oxygens (including phenoxy) is 1. The Morgan fingerprint density at radius 1 is 1.29 bits per heavy atom. The van der Waals surface area contributed by atoms with Crippen molar-refractivity contribution in [3.8, 4) is 0 Å². The molecule has 0 heterocycles. The molecule has 0 aromatic carbocycles. The molecule has 0 aliphatic rings. The highest BCUT2D eigenvalue weighted by Crippen LogP contribution is 2.12. The van der Waals surface area contributed by atoms with Gasteiger partial charge < -0.3 is 10.1 Å². The van der Waals surface area contributed by atoms with Crippen molar-refractivity contribution in [1.29, 1.82) is 0 Å². The van der Waals surface area contributed by atoms with E-state index in [0.29, 0.717) is 6.42 Å². The lowest BCUT2D eigenvalue weighted by atomic mass is 10.1. The minimum atomic E-state index is -0.794. The van der Waals surface area contributed by atoms with E-state index in [0.717, 1.165) is 11.8 Å². The van der Waals surface area contributed by atoms with E-state index in [9.17, 15) is 14.4 Å². The molecule has 5 nitrogen and oxygen atoms in total. The molecule has 0 saturated carbocycles. The summed E-state index contributed by atoms with van der Waals surface area (Å²) in [5.41, 5.74) is -0.634. The molecule has 1 unspecified atom stereocenters. The number of carbonyl (C=O) groups is 3. The Kier molecular flexibility index (Phi) is 9.01. The number of esters is 1. The molecular weight excluding hydrogens is 290 g/mol. The van der Waals surface area contributed by atoms with Gasteiger partial charge in [-0.2, -0.15) is 0 Å². The van der Waals surface area contributed by atoms with E-state index in [1.807, 2.05) is 0 Å². The Morgan fingerprint density at radius 2 is 1.90 bits per heavy atom. The van der Waals surface area contributed by atoms with Crippen LogP contribution in [0.3, 0.4) is 0 Å². The first-order chi connectivity index (χ1) is 9.69. The Morgan fingerprint density at radius 3 is 2.38 bits per heavy atom. The minimum Gasteiger partial charge on any atom is -0.458 e. The number of nitrogens with one attached hydrogen (secondary N) is 1. The maximum atomic E-state index is 12.1. The van der Waals surface area contributed by atoms with Gasteiger partial charge in [-0.1, -0.05) is 17.8 Å². The normalized spacial score (nSPS) is 12.4. The van der Waals surface area contributed by atoms with Crippen molar-refractivity contribution in [1.82, 2.24) is 5.32 Å². The van der Waals surface area contributed by atoms with Gasteiger partial charge in [0.2, 0.25) is 5.91 Å². The van der Waals surface area contributed by atoms with Gasteiger partial charge in [0.1, 0.15) is 11.6 Å². The van der Waals surface area contributed by atoms with E-state index >= 15 is 0 Å². The predicted molar refractivity (Wildman–Crippen MR) is 85.0 cm³/mol. The second kappa shape index (κ2) is 9.60. The molecule has 0 rings (SSSR count). The zero-order valence-corrected chi connectivity index (χ0v) is 14.0. The van der Waals surface area contributed by atoms with Crippen LogP contribution < -0.4 is 5.32 Å².